The maximum absolute atomic E-state index is 10.3. The van der Waals surface area contributed by atoms with Crippen LogP contribution in [0.2, 0.25) is 0 Å². The molecule has 0 fully saturated rings. The quantitative estimate of drug-likeness (QED) is 0.105. The van der Waals surface area contributed by atoms with Crippen molar-refractivity contribution >= 4 is 15.8 Å². The maximum atomic E-state index is 10.3. The molecule has 2 rings (SSSR count). The lowest BCUT2D eigenvalue weighted by Gasteiger charge is -2.23. The lowest BCUT2D eigenvalue weighted by atomic mass is 9.97. The van der Waals surface area contributed by atoms with Crippen LogP contribution in [-0.4, -0.2) is 51.7 Å². The fraction of sp³-hybridized carbons (Fsp3) is 0.625. The van der Waals surface area contributed by atoms with Crippen molar-refractivity contribution in [2.45, 2.75) is 103 Å². The smallest absolute Gasteiger partial charge is 0.124 e. The van der Waals surface area contributed by atoms with Gasteiger partial charge in [0.05, 0.1) is 32.6 Å². The molecule has 7 heteroatoms. The van der Waals surface area contributed by atoms with E-state index in [-0.39, 0.29) is 4.90 Å². The highest BCUT2D eigenvalue weighted by Gasteiger charge is 2.04. The molecule has 0 bridgehead atoms. The minimum Gasteiger partial charge on any atom is -0.744 e. The Labute approximate surface area is 240 Å². The Morgan fingerprint density at radius 1 is 0.744 bits per heavy atom. The summed E-state index contributed by atoms with van der Waals surface area (Å²) in [4.78, 5) is -0.185. The summed E-state index contributed by atoms with van der Waals surface area (Å²) in [6.07, 6.45) is 16.4. The summed E-state index contributed by atoms with van der Waals surface area (Å²) in [5, 5.41) is 0. The summed E-state index contributed by atoms with van der Waals surface area (Å²) in [7, 11) is 2.28. The van der Waals surface area contributed by atoms with Crippen LogP contribution in [0.15, 0.2) is 47.4 Å². The predicted molar refractivity (Wildman–Crippen MR) is 167 cm³/mol. The van der Waals surface area contributed by atoms with Gasteiger partial charge in [0.1, 0.15) is 10.1 Å². The molecular formula is C32H57N3O3S. The molecule has 0 saturated carbocycles. The molecule has 0 unspecified atom stereocenters. The van der Waals surface area contributed by atoms with E-state index in [1.54, 1.807) is 6.07 Å². The van der Waals surface area contributed by atoms with Gasteiger partial charge in [-0.1, -0.05) is 89.0 Å². The predicted octanol–water partition coefficient (Wildman–Crippen LogP) is 6.98. The molecule has 4 N–H and O–H groups in total. The Hall–Kier alpha value is -1.93. The van der Waals surface area contributed by atoms with Gasteiger partial charge < -0.3 is 20.5 Å². The largest absolute Gasteiger partial charge is 0.744 e. The van der Waals surface area contributed by atoms with Crippen molar-refractivity contribution in [3.05, 3.63) is 59.2 Å². The fourth-order valence-electron chi connectivity index (χ4n) is 4.12. The number of aryl methyl sites for hydroxylation is 1. The lowest BCUT2D eigenvalue weighted by Crippen LogP contribution is -2.36. The average molecular weight is 564 g/mol. The summed E-state index contributed by atoms with van der Waals surface area (Å²) in [6, 6.07) is 11.5. The number of nitrogens with zero attached hydrogens (tertiary/aromatic N) is 1. The Kier molecular flexibility index (Phi) is 19.9. The van der Waals surface area contributed by atoms with Crippen molar-refractivity contribution in [2.24, 2.45) is 5.73 Å². The van der Waals surface area contributed by atoms with E-state index < -0.39 is 10.1 Å². The van der Waals surface area contributed by atoms with E-state index in [0.29, 0.717) is 0 Å². The van der Waals surface area contributed by atoms with Gasteiger partial charge in [0.2, 0.25) is 0 Å². The van der Waals surface area contributed by atoms with E-state index in [1.165, 1.54) is 118 Å². The van der Waals surface area contributed by atoms with Gasteiger partial charge in [-0.3, -0.25) is 0 Å². The fourth-order valence-corrected chi connectivity index (χ4v) is 4.61. The van der Waals surface area contributed by atoms with Gasteiger partial charge in [0, 0.05) is 12.1 Å². The molecule has 0 spiro atoms. The first-order valence-corrected chi connectivity index (χ1v) is 16.1. The number of hydrogen-bond donors (Lipinski definition) is 2. The minimum absolute atomic E-state index is 0.185. The third kappa shape index (κ3) is 19.7. The Morgan fingerprint density at radius 3 is 1.67 bits per heavy atom. The zero-order valence-corrected chi connectivity index (χ0v) is 26.5. The van der Waals surface area contributed by atoms with Gasteiger partial charge in [-0.2, -0.15) is 0 Å². The summed E-state index contributed by atoms with van der Waals surface area (Å²) in [5.41, 5.74) is 16.3. The third-order valence-corrected chi connectivity index (χ3v) is 7.66. The van der Waals surface area contributed by atoms with Crippen molar-refractivity contribution in [1.29, 1.82) is 0 Å². The van der Waals surface area contributed by atoms with Gasteiger partial charge >= 0.3 is 0 Å². The number of unbranched alkanes of at least 4 members (excludes halogenated alkanes) is 9. The molecule has 0 atom stereocenters. The van der Waals surface area contributed by atoms with Crippen molar-refractivity contribution in [3.8, 4) is 0 Å². The van der Waals surface area contributed by atoms with E-state index in [4.69, 9.17) is 11.5 Å². The second-order valence-electron chi connectivity index (χ2n) is 11.4. The maximum Gasteiger partial charge on any atom is 0.124 e. The minimum atomic E-state index is -4.25. The zero-order chi connectivity index (χ0) is 29.7. The molecule has 0 aliphatic heterocycles. The second-order valence-corrected chi connectivity index (χ2v) is 12.8. The lowest BCUT2D eigenvalue weighted by molar-refractivity contribution is -0.870. The van der Waals surface area contributed by atoms with E-state index >= 15 is 0 Å². The monoisotopic (exact) mass is 563 g/mol. The summed E-state index contributed by atoms with van der Waals surface area (Å²) in [5.74, 6) is 0. The highest BCUT2D eigenvalue weighted by atomic mass is 32.2. The van der Waals surface area contributed by atoms with Crippen molar-refractivity contribution in [1.82, 2.24) is 0 Å². The molecule has 0 amide bonds. The molecule has 224 valence electrons. The molecule has 0 saturated heterocycles. The standard InChI is InChI=1S/C20H35N.C6H17N2.C6H6O3S/c1-4-5-6-7-8-9-10-11-12-13-14-19-15-16-20(21)18(3)17(19)2;1-8(2,3)6-4-5-7;7-10(8,9)6-4-2-1-3-5-6/h15-16H,4-14,21H2,1-3H3;4-7H2,1-3H3;1-5H,(H,7,8,9)/q;+1;/p-1. The molecular weight excluding hydrogens is 506 g/mol. The average Bonchev–Trinajstić information content (AvgIpc) is 2.89. The van der Waals surface area contributed by atoms with Crippen LogP contribution < -0.4 is 11.5 Å². The molecule has 0 aromatic heterocycles. The van der Waals surface area contributed by atoms with Gasteiger partial charge in [-0.25, -0.2) is 8.42 Å². The summed E-state index contributed by atoms with van der Waals surface area (Å²) < 4.78 is 31.9. The number of nitrogen functional groups attached to an aromatic ring is 1. The first-order chi connectivity index (χ1) is 18.3. The van der Waals surface area contributed by atoms with Crippen LogP contribution >= 0.6 is 0 Å². The first kappa shape index (κ1) is 37.1. The Balaban J connectivity index is 0.000000660. The van der Waals surface area contributed by atoms with E-state index in [0.717, 1.165) is 23.1 Å². The number of quaternary nitrogens is 1. The van der Waals surface area contributed by atoms with Crippen LogP contribution in [0.25, 0.3) is 0 Å². The number of anilines is 1. The van der Waals surface area contributed by atoms with Crippen LogP contribution in [0.3, 0.4) is 0 Å². The van der Waals surface area contributed by atoms with Gasteiger partial charge in [-0.05, 0) is 68.1 Å². The molecule has 0 aliphatic rings. The van der Waals surface area contributed by atoms with Crippen LogP contribution in [-0.2, 0) is 16.5 Å². The highest BCUT2D eigenvalue weighted by Crippen LogP contribution is 2.21. The number of rotatable bonds is 15. The first-order valence-electron chi connectivity index (χ1n) is 14.7. The molecule has 39 heavy (non-hydrogen) atoms. The van der Waals surface area contributed by atoms with Crippen molar-refractivity contribution in [2.75, 3.05) is 40.0 Å². The number of nitrogens with two attached hydrogens (primary N) is 2. The van der Waals surface area contributed by atoms with Crippen molar-refractivity contribution < 1.29 is 17.5 Å². The van der Waals surface area contributed by atoms with Gasteiger partial charge in [-0.15, -0.1) is 0 Å². The van der Waals surface area contributed by atoms with Gasteiger partial charge in [0.25, 0.3) is 0 Å². The van der Waals surface area contributed by atoms with Gasteiger partial charge in [0.15, 0.2) is 0 Å². The SMILES string of the molecule is CCCCCCCCCCCCc1ccc(N)c(C)c1C.C[N+](C)(C)CCCN.O=S(=O)([O-])c1ccccc1. The third-order valence-electron chi connectivity index (χ3n) is 6.81. The van der Waals surface area contributed by atoms with Crippen LogP contribution in [0.4, 0.5) is 5.69 Å². The molecule has 0 radical (unpaired) electrons. The molecule has 0 aliphatic carbocycles. The summed E-state index contributed by atoms with van der Waals surface area (Å²) in [6.45, 7) is 8.61. The number of benzene rings is 2. The van der Waals surface area contributed by atoms with Crippen LogP contribution in [0.1, 0.15) is 94.2 Å². The number of hydrogen-bond acceptors (Lipinski definition) is 5. The molecule has 2 aromatic carbocycles. The van der Waals surface area contributed by atoms with Crippen LogP contribution in [0, 0.1) is 13.8 Å². The van der Waals surface area contributed by atoms with Crippen molar-refractivity contribution in [3.63, 3.8) is 0 Å². The Morgan fingerprint density at radius 2 is 1.26 bits per heavy atom. The van der Waals surface area contributed by atoms with E-state index in [2.05, 4.69) is 54.0 Å². The van der Waals surface area contributed by atoms with E-state index in [1.807, 2.05) is 0 Å². The molecule has 2 aromatic rings. The topological polar surface area (TPSA) is 109 Å². The zero-order valence-electron chi connectivity index (χ0n) is 25.7. The van der Waals surface area contributed by atoms with Crippen LogP contribution in [0.5, 0.6) is 0 Å². The summed E-state index contributed by atoms with van der Waals surface area (Å²) >= 11 is 0. The molecule has 0 heterocycles. The second kappa shape index (κ2) is 20.9. The van der Waals surface area contributed by atoms with E-state index in [9.17, 15) is 13.0 Å². The Bertz CT molecular complexity index is 988. The highest BCUT2D eigenvalue weighted by molar-refractivity contribution is 7.85. The molecule has 6 nitrogen and oxygen atoms in total. The normalized spacial score (nSPS) is 11.3.